The Balaban J connectivity index is 1.59. The Labute approximate surface area is 172 Å². The van der Waals surface area contributed by atoms with Crippen molar-refractivity contribution in [2.24, 2.45) is 0 Å². The molecule has 9 nitrogen and oxygen atoms in total. The zero-order chi connectivity index (χ0) is 21.1. The molecule has 0 bridgehead atoms. The molecule has 0 aliphatic heterocycles. The van der Waals surface area contributed by atoms with Gasteiger partial charge in [0.15, 0.2) is 5.82 Å². The molecule has 154 valence electrons. The number of methoxy groups -OCH3 is 3. The standard InChI is InChI=1S/C21H21N5O4/c1-28-15-6-4-13(5-7-15)20-24-21-23-14(10-19(27)26(21)25-20)12-22-17-9-8-16(29-2)11-18(17)30-3/h4-11,22H,12H2,1-3H3,(H,23,24,25). The average molecular weight is 407 g/mol. The molecule has 0 aliphatic rings. The zero-order valence-corrected chi connectivity index (χ0v) is 16.8. The highest BCUT2D eigenvalue weighted by Crippen LogP contribution is 2.29. The van der Waals surface area contributed by atoms with Crippen LogP contribution in [0, 0.1) is 0 Å². The second kappa shape index (κ2) is 8.16. The normalized spacial score (nSPS) is 10.8. The van der Waals surface area contributed by atoms with Crippen molar-refractivity contribution in [3.63, 3.8) is 0 Å². The SMILES string of the molecule is COc1ccc(-c2nc3nc(CNc4ccc(OC)cc4OC)cc(=O)n3[nH]2)cc1. The van der Waals surface area contributed by atoms with E-state index in [1.165, 1.54) is 10.6 Å². The van der Waals surface area contributed by atoms with Crippen LogP contribution in [0.5, 0.6) is 17.2 Å². The lowest BCUT2D eigenvalue weighted by atomic mass is 10.2. The Kier molecular flexibility index (Phi) is 5.25. The minimum atomic E-state index is -0.245. The van der Waals surface area contributed by atoms with Crippen LogP contribution in [0.3, 0.4) is 0 Å². The van der Waals surface area contributed by atoms with Crippen molar-refractivity contribution in [3.05, 3.63) is 64.6 Å². The summed E-state index contributed by atoms with van der Waals surface area (Å²) in [5, 5.41) is 6.22. The van der Waals surface area contributed by atoms with Gasteiger partial charge < -0.3 is 19.5 Å². The molecule has 2 heterocycles. The predicted octanol–water partition coefficient (Wildman–Crippen LogP) is 2.72. The van der Waals surface area contributed by atoms with E-state index in [1.807, 2.05) is 36.4 Å². The molecule has 2 aromatic heterocycles. The van der Waals surface area contributed by atoms with E-state index in [0.29, 0.717) is 35.3 Å². The molecular weight excluding hydrogens is 386 g/mol. The molecule has 0 fully saturated rings. The number of hydrogen-bond acceptors (Lipinski definition) is 7. The Hall–Kier alpha value is -4.01. The zero-order valence-electron chi connectivity index (χ0n) is 16.8. The van der Waals surface area contributed by atoms with Crippen LogP contribution in [0.2, 0.25) is 0 Å². The summed E-state index contributed by atoms with van der Waals surface area (Å²) in [6, 6.07) is 14.3. The number of hydrogen-bond donors (Lipinski definition) is 2. The third-order valence-corrected chi connectivity index (χ3v) is 4.62. The van der Waals surface area contributed by atoms with Crippen molar-refractivity contribution in [2.75, 3.05) is 26.6 Å². The van der Waals surface area contributed by atoms with E-state index in [9.17, 15) is 4.79 Å². The number of nitrogens with one attached hydrogen (secondary N) is 2. The summed E-state index contributed by atoms with van der Waals surface area (Å²) in [7, 11) is 4.79. The number of nitrogens with zero attached hydrogens (tertiary/aromatic N) is 3. The van der Waals surface area contributed by atoms with Crippen LogP contribution in [-0.4, -0.2) is 40.9 Å². The number of aromatic amines is 1. The molecule has 0 unspecified atom stereocenters. The summed E-state index contributed by atoms with van der Waals surface area (Å²) in [6.45, 7) is 0.332. The quantitative estimate of drug-likeness (QED) is 0.486. The van der Waals surface area contributed by atoms with E-state index < -0.39 is 0 Å². The summed E-state index contributed by atoms with van der Waals surface area (Å²) < 4.78 is 17.1. The van der Waals surface area contributed by atoms with Crippen molar-refractivity contribution in [1.82, 2.24) is 19.6 Å². The van der Waals surface area contributed by atoms with Gasteiger partial charge in [-0.05, 0) is 36.4 Å². The van der Waals surface area contributed by atoms with E-state index in [2.05, 4.69) is 20.4 Å². The number of rotatable bonds is 7. The number of ether oxygens (including phenoxy) is 3. The first kappa shape index (κ1) is 19.3. The number of anilines is 1. The van der Waals surface area contributed by atoms with Gasteiger partial charge in [-0.15, -0.1) is 0 Å². The van der Waals surface area contributed by atoms with Crippen molar-refractivity contribution in [1.29, 1.82) is 0 Å². The molecule has 2 N–H and O–H groups in total. The lowest BCUT2D eigenvalue weighted by Gasteiger charge is -2.12. The molecule has 4 aromatic rings. The molecule has 9 heteroatoms. The van der Waals surface area contributed by atoms with Crippen LogP contribution >= 0.6 is 0 Å². The molecule has 0 radical (unpaired) electrons. The van der Waals surface area contributed by atoms with Gasteiger partial charge in [0.05, 0.1) is 39.3 Å². The van der Waals surface area contributed by atoms with E-state index in [0.717, 1.165) is 17.0 Å². The fourth-order valence-corrected chi connectivity index (χ4v) is 3.03. The van der Waals surface area contributed by atoms with E-state index in [4.69, 9.17) is 14.2 Å². The van der Waals surface area contributed by atoms with Gasteiger partial charge in [-0.2, -0.15) is 9.50 Å². The molecule has 0 saturated heterocycles. The van der Waals surface area contributed by atoms with E-state index in [1.54, 1.807) is 27.4 Å². The Morgan fingerprint density at radius 1 is 0.933 bits per heavy atom. The first-order valence-electron chi connectivity index (χ1n) is 9.20. The Bertz CT molecular complexity index is 1230. The molecule has 30 heavy (non-hydrogen) atoms. The average Bonchev–Trinajstić information content (AvgIpc) is 3.22. The molecule has 0 amide bonds. The molecule has 0 atom stereocenters. The first-order chi connectivity index (χ1) is 14.6. The molecule has 0 spiro atoms. The fraction of sp³-hybridized carbons (Fsp3) is 0.190. The van der Waals surface area contributed by atoms with Gasteiger partial charge in [-0.1, -0.05) is 0 Å². The second-order valence-electron chi connectivity index (χ2n) is 6.44. The smallest absolute Gasteiger partial charge is 0.274 e. The number of fused-ring (bicyclic) bond motifs is 1. The van der Waals surface area contributed by atoms with Crippen LogP contribution in [0.25, 0.3) is 17.2 Å². The van der Waals surface area contributed by atoms with Crippen LogP contribution in [0.4, 0.5) is 5.69 Å². The highest BCUT2D eigenvalue weighted by atomic mass is 16.5. The molecule has 4 rings (SSSR count). The maximum Gasteiger partial charge on any atom is 0.274 e. The maximum absolute atomic E-state index is 12.5. The maximum atomic E-state index is 12.5. The predicted molar refractivity (Wildman–Crippen MR) is 112 cm³/mol. The second-order valence-corrected chi connectivity index (χ2v) is 6.44. The van der Waals surface area contributed by atoms with Crippen molar-refractivity contribution < 1.29 is 14.2 Å². The number of H-pyrrole nitrogens is 1. The van der Waals surface area contributed by atoms with Gasteiger partial charge in [-0.25, -0.2) is 4.98 Å². The summed E-state index contributed by atoms with van der Waals surface area (Å²) >= 11 is 0. The van der Waals surface area contributed by atoms with E-state index >= 15 is 0 Å². The Morgan fingerprint density at radius 2 is 1.67 bits per heavy atom. The summed E-state index contributed by atoms with van der Waals surface area (Å²) in [5.41, 5.74) is 1.90. The van der Waals surface area contributed by atoms with Gasteiger partial charge in [0.25, 0.3) is 11.3 Å². The first-order valence-corrected chi connectivity index (χ1v) is 9.20. The molecule has 0 saturated carbocycles. The molecular formula is C21H21N5O4. The molecule has 2 aromatic carbocycles. The van der Waals surface area contributed by atoms with Crippen molar-refractivity contribution in [2.45, 2.75) is 6.54 Å². The lowest BCUT2D eigenvalue weighted by Crippen LogP contribution is -2.17. The van der Waals surface area contributed by atoms with Gasteiger partial charge in [0.2, 0.25) is 0 Å². The van der Waals surface area contributed by atoms with Gasteiger partial charge in [0, 0.05) is 17.7 Å². The van der Waals surface area contributed by atoms with Crippen LogP contribution in [0.15, 0.2) is 53.3 Å². The van der Waals surface area contributed by atoms with Crippen LogP contribution in [0.1, 0.15) is 5.69 Å². The molecule has 0 aliphatic carbocycles. The number of aromatic nitrogens is 4. The lowest BCUT2D eigenvalue weighted by molar-refractivity contribution is 0.395. The van der Waals surface area contributed by atoms with E-state index in [-0.39, 0.29) is 5.56 Å². The third-order valence-electron chi connectivity index (χ3n) is 4.62. The highest BCUT2D eigenvalue weighted by Gasteiger charge is 2.11. The van der Waals surface area contributed by atoms with Gasteiger partial charge in [-0.3, -0.25) is 9.89 Å². The number of benzene rings is 2. The summed E-state index contributed by atoms with van der Waals surface area (Å²) in [4.78, 5) is 21.5. The van der Waals surface area contributed by atoms with Crippen LogP contribution < -0.4 is 25.1 Å². The highest BCUT2D eigenvalue weighted by molar-refractivity contribution is 5.60. The van der Waals surface area contributed by atoms with Gasteiger partial charge >= 0.3 is 0 Å². The minimum Gasteiger partial charge on any atom is -0.497 e. The van der Waals surface area contributed by atoms with Gasteiger partial charge in [0.1, 0.15) is 17.2 Å². The topological polar surface area (TPSA) is 103 Å². The fourth-order valence-electron chi connectivity index (χ4n) is 3.03. The summed E-state index contributed by atoms with van der Waals surface area (Å²) in [6.07, 6.45) is 0. The largest absolute Gasteiger partial charge is 0.497 e. The minimum absolute atomic E-state index is 0.245. The third kappa shape index (κ3) is 3.77. The van der Waals surface area contributed by atoms with Crippen LogP contribution in [-0.2, 0) is 6.54 Å². The van der Waals surface area contributed by atoms with Crippen molar-refractivity contribution in [3.8, 4) is 28.6 Å². The Morgan fingerprint density at radius 3 is 2.37 bits per heavy atom. The van der Waals surface area contributed by atoms with Crippen molar-refractivity contribution >= 4 is 11.5 Å². The monoisotopic (exact) mass is 407 g/mol. The summed E-state index contributed by atoms with van der Waals surface area (Å²) in [5.74, 6) is 2.91.